The van der Waals surface area contributed by atoms with E-state index in [1.165, 1.54) is 0 Å². The third-order valence-corrected chi connectivity index (χ3v) is 6.17. The molecule has 0 radical (unpaired) electrons. The zero-order valence-corrected chi connectivity index (χ0v) is 18.2. The van der Waals surface area contributed by atoms with Crippen LogP contribution in [0.4, 0.5) is 0 Å². The van der Waals surface area contributed by atoms with Crippen LogP contribution in [-0.2, 0) is 0 Å². The quantitative estimate of drug-likeness (QED) is 0.282. The second kappa shape index (κ2) is 7.75. The number of hydrogen-bond donors (Lipinski definition) is 0. The van der Waals surface area contributed by atoms with E-state index in [2.05, 4.69) is 17.1 Å². The number of fused-ring (bicyclic) bond motifs is 3. The first-order valence-corrected chi connectivity index (χ1v) is 11.0. The number of para-hydroxylation sites is 2. The Morgan fingerprint density at radius 3 is 2.36 bits per heavy atom. The molecular formula is C31H23NO. The van der Waals surface area contributed by atoms with Crippen molar-refractivity contribution in [2.24, 2.45) is 0 Å². The molecule has 0 aliphatic heterocycles. The maximum absolute atomic E-state index is 8.31. The summed E-state index contributed by atoms with van der Waals surface area (Å²) in [6.07, 6.45) is 1.74. The Hall–Kier alpha value is -4.17. The molecule has 2 aromatic heterocycles. The van der Waals surface area contributed by atoms with E-state index in [1.54, 1.807) is 12.3 Å². The molecule has 33 heavy (non-hydrogen) atoms. The largest absolute Gasteiger partial charge is 0.455 e. The number of furan rings is 1. The van der Waals surface area contributed by atoms with E-state index in [0.717, 1.165) is 61.0 Å². The topological polar surface area (TPSA) is 26.0 Å². The fourth-order valence-corrected chi connectivity index (χ4v) is 4.65. The predicted molar refractivity (Wildman–Crippen MR) is 137 cm³/mol. The van der Waals surface area contributed by atoms with Crippen LogP contribution in [0.25, 0.3) is 55.4 Å². The van der Waals surface area contributed by atoms with Gasteiger partial charge in [-0.25, -0.2) is 0 Å². The number of benzene rings is 4. The van der Waals surface area contributed by atoms with Gasteiger partial charge in [0.15, 0.2) is 0 Å². The minimum atomic E-state index is -2.27. The highest BCUT2D eigenvalue weighted by molar-refractivity contribution is 6.09. The number of hydrogen-bond acceptors (Lipinski definition) is 2. The molecule has 4 aromatic carbocycles. The summed E-state index contributed by atoms with van der Waals surface area (Å²) < 4.78 is 31.1. The van der Waals surface area contributed by atoms with Crippen LogP contribution in [0.15, 0.2) is 108 Å². The lowest BCUT2D eigenvalue weighted by molar-refractivity contribution is 0.670. The van der Waals surface area contributed by atoms with Gasteiger partial charge >= 0.3 is 0 Å². The molecule has 0 N–H and O–H groups in total. The molecule has 2 nitrogen and oxygen atoms in total. The summed E-state index contributed by atoms with van der Waals surface area (Å²) in [7, 11) is 0. The van der Waals surface area contributed by atoms with Crippen molar-refractivity contribution in [1.82, 2.24) is 4.98 Å². The van der Waals surface area contributed by atoms with Crippen molar-refractivity contribution in [2.75, 3.05) is 0 Å². The summed E-state index contributed by atoms with van der Waals surface area (Å²) in [6, 6.07) is 31.6. The van der Waals surface area contributed by atoms with Crippen molar-refractivity contribution in [3.63, 3.8) is 0 Å². The first-order chi connectivity index (χ1) is 17.4. The second-order valence-corrected chi connectivity index (χ2v) is 8.29. The van der Waals surface area contributed by atoms with Crippen LogP contribution in [0.5, 0.6) is 0 Å². The van der Waals surface area contributed by atoms with E-state index >= 15 is 0 Å². The van der Waals surface area contributed by atoms with Gasteiger partial charge in [0.1, 0.15) is 11.2 Å². The third-order valence-electron chi connectivity index (χ3n) is 6.17. The minimum absolute atomic E-state index is 0.334. The number of rotatable bonds is 3. The highest BCUT2D eigenvalue weighted by Gasteiger charge is 2.15. The number of pyridine rings is 1. The SMILES string of the molecule is [2H]C([2H])([2H])c1cc(-c2ccccc2)cc(C)c1-c1ccnc(-c2cccc3c2oc2ccccc23)c1. The number of nitrogens with zero attached hydrogens (tertiary/aromatic N) is 1. The average molecular weight is 429 g/mol. The fourth-order valence-electron chi connectivity index (χ4n) is 4.65. The summed E-state index contributed by atoms with van der Waals surface area (Å²) in [5.41, 5.74) is 7.87. The highest BCUT2D eigenvalue weighted by atomic mass is 16.3. The molecule has 0 spiro atoms. The lowest BCUT2D eigenvalue weighted by Gasteiger charge is -2.14. The summed E-state index contributed by atoms with van der Waals surface area (Å²) in [5, 5.41) is 2.09. The third kappa shape index (κ3) is 3.32. The first-order valence-electron chi connectivity index (χ1n) is 12.5. The van der Waals surface area contributed by atoms with E-state index in [-0.39, 0.29) is 0 Å². The molecule has 0 atom stereocenters. The lowest BCUT2D eigenvalue weighted by Crippen LogP contribution is -1.92. The molecule has 6 rings (SSSR count). The summed E-state index contributed by atoms with van der Waals surface area (Å²) >= 11 is 0. The molecule has 6 aromatic rings. The lowest BCUT2D eigenvalue weighted by atomic mass is 9.91. The van der Waals surface area contributed by atoms with Crippen LogP contribution in [0.1, 0.15) is 15.2 Å². The summed E-state index contributed by atoms with van der Waals surface area (Å²) in [6.45, 7) is -0.301. The molecule has 0 unspecified atom stereocenters. The summed E-state index contributed by atoms with van der Waals surface area (Å²) in [5.74, 6) is 0. The Kier molecular flexibility index (Phi) is 3.87. The molecule has 0 saturated carbocycles. The molecule has 0 bridgehead atoms. The second-order valence-electron chi connectivity index (χ2n) is 8.29. The van der Waals surface area contributed by atoms with Gasteiger partial charge in [-0.2, -0.15) is 0 Å². The fraction of sp³-hybridized carbons (Fsp3) is 0.0645. The van der Waals surface area contributed by atoms with Crippen molar-refractivity contribution >= 4 is 21.9 Å². The van der Waals surface area contributed by atoms with E-state index in [4.69, 9.17) is 8.53 Å². The highest BCUT2D eigenvalue weighted by Crippen LogP contribution is 2.37. The molecule has 0 amide bonds. The molecule has 0 fully saturated rings. The van der Waals surface area contributed by atoms with Crippen LogP contribution >= 0.6 is 0 Å². The zero-order valence-electron chi connectivity index (χ0n) is 21.2. The zero-order chi connectivity index (χ0) is 24.9. The molecule has 2 heteroatoms. The van der Waals surface area contributed by atoms with Gasteiger partial charge in [0.05, 0.1) is 5.69 Å². The van der Waals surface area contributed by atoms with Crippen LogP contribution in [0, 0.1) is 13.8 Å². The van der Waals surface area contributed by atoms with Crippen LogP contribution in [-0.4, -0.2) is 4.98 Å². The summed E-state index contributed by atoms with van der Waals surface area (Å²) in [4.78, 5) is 4.64. The number of aromatic nitrogens is 1. The Morgan fingerprint density at radius 1 is 0.697 bits per heavy atom. The monoisotopic (exact) mass is 428 g/mol. The Morgan fingerprint density at radius 2 is 1.48 bits per heavy atom. The van der Waals surface area contributed by atoms with E-state index < -0.39 is 6.85 Å². The van der Waals surface area contributed by atoms with Gasteiger partial charge in [-0.3, -0.25) is 4.98 Å². The smallest absolute Gasteiger partial charge is 0.144 e. The predicted octanol–water partition coefficient (Wildman–Crippen LogP) is 8.60. The van der Waals surface area contributed by atoms with E-state index in [9.17, 15) is 0 Å². The van der Waals surface area contributed by atoms with Crippen molar-refractivity contribution in [3.8, 4) is 33.5 Å². The van der Waals surface area contributed by atoms with Gasteiger partial charge in [0.25, 0.3) is 0 Å². The molecule has 0 saturated heterocycles. The maximum Gasteiger partial charge on any atom is 0.144 e. The van der Waals surface area contributed by atoms with Gasteiger partial charge in [-0.15, -0.1) is 0 Å². The van der Waals surface area contributed by atoms with Gasteiger partial charge in [0, 0.05) is 26.6 Å². The van der Waals surface area contributed by atoms with Crippen molar-refractivity contribution < 1.29 is 8.53 Å². The maximum atomic E-state index is 8.31. The first kappa shape index (κ1) is 16.5. The van der Waals surface area contributed by atoms with Gasteiger partial charge in [-0.1, -0.05) is 72.8 Å². The van der Waals surface area contributed by atoms with Gasteiger partial charge in [0.2, 0.25) is 0 Å². The van der Waals surface area contributed by atoms with E-state index in [1.807, 2.05) is 85.8 Å². The minimum Gasteiger partial charge on any atom is -0.455 e. The van der Waals surface area contributed by atoms with Gasteiger partial charge < -0.3 is 4.42 Å². The van der Waals surface area contributed by atoms with Crippen LogP contribution < -0.4 is 0 Å². The molecular weight excluding hydrogens is 402 g/mol. The molecule has 0 aliphatic rings. The van der Waals surface area contributed by atoms with Crippen LogP contribution in [0.2, 0.25) is 0 Å². The van der Waals surface area contributed by atoms with Crippen molar-refractivity contribution in [2.45, 2.75) is 13.8 Å². The Balaban J connectivity index is 1.54. The number of aryl methyl sites for hydroxylation is 2. The Bertz CT molecular complexity index is 1730. The molecule has 0 aliphatic carbocycles. The normalized spacial score (nSPS) is 13.1. The van der Waals surface area contributed by atoms with E-state index in [0.29, 0.717) is 5.56 Å². The van der Waals surface area contributed by atoms with Gasteiger partial charge in [-0.05, 0) is 71.4 Å². The average Bonchev–Trinajstić information content (AvgIpc) is 3.27. The molecule has 158 valence electrons. The Labute approximate surface area is 197 Å². The van der Waals surface area contributed by atoms with Crippen molar-refractivity contribution in [3.05, 3.63) is 114 Å². The van der Waals surface area contributed by atoms with Crippen LogP contribution in [0.3, 0.4) is 0 Å². The van der Waals surface area contributed by atoms with Crippen molar-refractivity contribution in [1.29, 1.82) is 0 Å². The molecule has 2 heterocycles. The standard InChI is InChI=1S/C31H23NO/c1-20-17-24(22-9-4-3-5-10-22)18-21(2)30(20)23-15-16-32-28(19-23)27-13-8-12-26-25-11-6-7-14-29(25)33-31(26)27/h3-19H,1-2H3/i1D3.